The van der Waals surface area contributed by atoms with E-state index in [4.69, 9.17) is 9.84 Å². The Morgan fingerprint density at radius 1 is 1.19 bits per heavy atom. The van der Waals surface area contributed by atoms with Gasteiger partial charge in [0, 0.05) is 0 Å². The standard InChI is InChI=1S/C14H14O7/c1-2-20-14(19)13(18)11(7-15)9-3-5-10(6-4-9)21-8-12(16)17/h3-7,18H,2,8H2,1H3,(H,16,17). The number of ether oxygens (including phenoxy) is 2. The van der Waals surface area contributed by atoms with E-state index >= 15 is 0 Å². The molecule has 1 aromatic carbocycles. The molecule has 0 saturated carbocycles. The quantitative estimate of drug-likeness (QED) is 0.336. The van der Waals surface area contributed by atoms with E-state index in [-0.39, 0.29) is 23.5 Å². The second-order valence-electron chi connectivity index (χ2n) is 3.81. The molecule has 0 amide bonds. The van der Waals surface area contributed by atoms with Gasteiger partial charge in [0.1, 0.15) is 5.75 Å². The average Bonchev–Trinajstić information content (AvgIpc) is 2.47. The Bertz CT molecular complexity index is 557. The van der Waals surface area contributed by atoms with Crippen LogP contribution >= 0.6 is 0 Å². The molecule has 0 aliphatic carbocycles. The normalized spacial score (nSPS) is 11.3. The van der Waals surface area contributed by atoms with Crippen molar-refractivity contribution < 1.29 is 34.1 Å². The number of aliphatic hydroxyl groups excluding tert-OH is 1. The molecule has 0 atom stereocenters. The summed E-state index contributed by atoms with van der Waals surface area (Å²) in [5, 5.41) is 18.1. The third kappa shape index (κ3) is 4.64. The van der Waals surface area contributed by atoms with Gasteiger partial charge >= 0.3 is 11.9 Å². The van der Waals surface area contributed by atoms with Crippen molar-refractivity contribution in [2.45, 2.75) is 6.92 Å². The summed E-state index contributed by atoms with van der Waals surface area (Å²) >= 11 is 0. The number of aliphatic carboxylic acids is 1. The summed E-state index contributed by atoms with van der Waals surface area (Å²) in [6.07, 6.45) is 0.333. The van der Waals surface area contributed by atoms with Crippen molar-refractivity contribution in [3.8, 4) is 5.75 Å². The van der Waals surface area contributed by atoms with Crippen LogP contribution in [0, 0.1) is 0 Å². The van der Waals surface area contributed by atoms with E-state index in [1.807, 2.05) is 0 Å². The number of carbonyl (C=O) groups excluding carboxylic acids is 2. The van der Waals surface area contributed by atoms with Crippen LogP contribution in [0.2, 0.25) is 0 Å². The number of benzene rings is 1. The first kappa shape index (κ1) is 16.2. The number of esters is 1. The highest BCUT2D eigenvalue weighted by molar-refractivity contribution is 6.14. The zero-order valence-corrected chi connectivity index (χ0v) is 11.2. The molecule has 0 aromatic heterocycles. The first-order valence-corrected chi connectivity index (χ1v) is 6.00. The van der Waals surface area contributed by atoms with E-state index in [9.17, 15) is 19.5 Å². The van der Waals surface area contributed by atoms with Gasteiger partial charge in [-0.2, -0.15) is 0 Å². The summed E-state index contributed by atoms with van der Waals surface area (Å²) in [7, 11) is 0. The molecule has 0 heterocycles. The largest absolute Gasteiger partial charge is 0.501 e. The van der Waals surface area contributed by atoms with Crippen molar-refractivity contribution in [3.63, 3.8) is 0 Å². The predicted octanol–water partition coefficient (Wildman–Crippen LogP) is 1.18. The zero-order valence-electron chi connectivity index (χ0n) is 11.2. The number of carbonyl (C=O) groups is 3. The number of carboxylic acids is 1. The molecule has 0 fully saturated rings. The van der Waals surface area contributed by atoms with Crippen molar-refractivity contribution in [1.29, 1.82) is 0 Å². The molecule has 112 valence electrons. The van der Waals surface area contributed by atoms with Crippen molar-refractivity contribution in [3.05, 3.63) is 35.6 Å². The van der Waals surface area contributed by atoms with Crippen molar-refractivity contribution in [2.24, 2.45) is 0 Å². The smallest absolute Gasteiger partial charge is 0.374 e. The van der Waals surface area contributed by atoms with Gasteiger partial charge in [-0.25, -0.2) is 9.59 Å². The van der Waals surface area contributed by atoms with E-state index in [0.717, 1.165) is 0 Å². The summed E-state index contributed by atoms with van der Waals surface area (Å²) in [5.41, 5.74) is 0.0523. The summed E-state index contributed by atoms with van der Waals surface area (Å²) in [5.74, 6) is -2.62. The van der Waals surface area contributed by atoms with E-state index in [2.05, 4.69) is 4.74 Å². The summed E-state index contributed by atoms with van der Waals surface area (Å²) < 4.78 is 9.53. The maximum atomic E-state index is 11.4. The lowest BCUT2D eigenvalue weighted by Crippen LogP contribution is -2.10. The Labute approximate surface area is 120 Å². The molecule has 21 heavy (non-hydrogen) atoms. The Hall–Kier alpha value is -2.83. The fourth-order valence-corrected chi connectivity index (χ4v) is 1.45. The van der Waals surface area contributed by atoms with Gasteiger partial charge in [-0.3, -0.25) is 4.79 Å². The number of aldehydes is 1. The Morgan fingerprint density at radius 2 is 1.81 bits per heavy atom. The Kier molecular flexibility index (Phi) is 5.94. The summed E-state index contributed by atoms with van der Waals surface area (Å²) in [4.78, 5) is 32.8. The molecule has 7 heteroatoms. The maximum Gasteiger partial charge on any atom is 0.374 e. The second-order valence-corrected chi connectivity index (χ2v) is 3.81. The van der Waals surface area contributed by atoms with Crippen molar-refractivity contribution >= 4 is 23.8 Å². The van der Waals surface area contributed by atoms with Gasteiger partial charge in [-0.15, -0.1) is 0 Å². The fraction of sp³-hybridized carbons (Fsp3) is 0.214. The molecule has 0 radical (unpaired) electrons. The van der Waals surface area contributed by atoms with Crippen LogP contribution in [-0.4, -0.2) is 41.7 Å². The first-order valence-electron chi connectivity index (χ1n) is 6.00. The number of aliphatic hydroxyl groups is 1. The second kappa shape index (κ2) is 7.68. The average molecular weight is 294 g/mol. The lowest BCUT2D eigenvalue weighted by Gasteiger charge is -2.07. The molecule has 0 bridgehead atoms. The minimum Gasteiger partial charge on any atom is -0.501 e. The molecule has 7 nitrogen and oxygen atoms in total. The van der Waals surface area contributed by atoms with Crippen LogP contribution in [0.15, 0.2) is 30.0 Å². The number of allylic oxidation sites excluding steroid dienone is 1. The van der Waals surface area contributed by atoms with Gasteiger partial charge in [-0.05, 0) is 24.6 Å². The molecular formula is C14H14O7. The lowest BCUT2D eigenvalue weighted by atomic mass is 10.1. The Morgan fingerprint density at radius 3 is 2.29 bits per heavy atom. The van der Waals surface area contributed by atoms with Crippen LogP contribution in [-0.2, 0) is 19.1 Å². The fourth-order valence-electron chi connectivity index (χ4n) is 1.45. The van der Waals surface area contributed by atoms with Gasteiger partial charge < -0.3 is 19.7 Å². The third-order valence-electron chi connectivity index (χ3n) is 2.37. The monoisotopic (exact) mass is 294 g/mol. The summed E-state index contributed by atoms with van der Waals surface area (Å²) in [6, 6.07) is 5.66. The van der Waals surface area contributed by atoms with Gasteiger partial charge in [0.05, 0.1) is 12.2 Å². The number of hydrogen-bond donors (Lipinski definition) is 2. The Balaban J connectivity index is 2.97. The van der Waals surface area contributed by atoms with Crippen molar-refractivity contribution in [1.82, 2.24) is 0 Å². The number of carboxylic acid groups (broad SMARTS) is 1. The molecule has 1 aromatic rings. The van der Waals surface area contributed by atoms with E-state index < -0.39 is 24.3 Å². The highest BCUT2D eigenvalue weighted by Gasteiger charge is 2.16. The van der Waals surface area contributed by atoms with Crippen LogP contribution < -0.4 is 4.74 Å². The predicted molar refractivity (Wildman–Crippen MR) is 71.8 cm³/mol. The topological polar surface area (TPSA) is 110 Å². The maximum absolute atomic E-state index is 11.4. The number of hydrogen-bond acceptors (Lipinski definition) is 6. The molecular weight excluding hydrogens is 280 g/mol. The zero-order chi connectivity index (χ0) is 15.8. The van der Waals surface area contributed by atoms with Gasteiger partial charge in [-0.1, -0.05) is 12.1 Å². The van der Waals surface area contributed by atoms with Gasteiger partial charge in [0.15, 0.2) is 12.9 Å². The van der Waals surface area contributed by atoms with E-state index in [0.29, 0.717) is 6.29 Å². The van der Waals surface area contributed by atoms with Crippen molar-refractivity contribution in [2.75, 3.05) is 13.2 Å². The minimum atomic E-state index is -1.12. The highest BCUT2D eigenvalue weighted by Crippen LogP contribution is 2.20. The van der Waals surface area contributed by atoms with Crippen LogP contribution in [0.3, 0.4) is 0 Å². The van der Waals surface area contributed by atoms with Crippen LogP contribution in [0.1, 0.15) is 12.5 Å². The minimum absolute atomic E-state index is 0.0665. The molecule has 0 saturated heterocycles. The van der Waals surface area contributed by atoms with Crippen LogP contribution in [0.25, 0.3) is 5.57 Å². The highest BCUT2D eigenvalue weighted by atomic mass is 16.5. The SMILES string of the molecule is CCOC(=O)C(O)=C(C=O)c1ccc(OCC(=O)O)cc1. The van der Waals surface area contributed by atoms with Crippen LogP contribution in [0.4, 0.5) is 0 Å². The van der Waals surface area contributed by atoms with E-state index in [1.165, 1.54) is 24.3 Å². The lowest BCUT2D eigenvalue weighted by molar-refractivity contribution is -0.141. The first-order chi connectivity index (χ1) is 9.99. The number of rotatable bonds is 7. The van der Waals surface area contributed by atoms with Gasteiger partial charge in [0.25, 0.3) is 0 Å². The molecule has 0 aliphatic rings. The van der Waals surface area contributed by atoms with E-state index in [1.54, 1.807) is 6.92 Å². The molecule has 2 N–H and O–H groups in total. The molecule has 1 rings (SSSR count). The third-order valence-corrected chi connectivity index (χ3v) is 2.37. The molecule has 0 unspecified atom stereocenters. The van der Waals surface area contributed by atoms with Crippen LogP contribution in [0.5, 0.6) is 5.75 Å². The molecule has 0 spiro atoms. The summed E-state index contributed by atoms with van der Waals surface area (Å²) in [6.45, 7) is 1.14. The molecule has 0 aliphatic heterocycles. The van der Waals surface area contributed by atoms with Gasteiger partial charge in [0.2, 0.25) is 5.76 Å².